The molecule has 0 unspecified atom stereocenters. The van der Waals surface area contributed by atoms with E-state index in [2.05, 4.69) is 29.6 Å². The molecule has 0 aliphatic heterocycles. The van der Waals surface area contributed by atoms with Gasteiger partial charge < -0.3 is 19.7 Å². The molecular formula is C22H26N2O3. The maximum absolute atomic E-state index is 12.1. The van der Waals surface area contributed by atoms with Crippen LogP contribution in [-0.4, -0.2) is 35.9 Å². The third kappa shape index (κ3) is 4.38. The molecule has 1 heterocycles. The first-order chi connectivity index (χ1) is 13.1. The normalized spacial score (nSPS) is 11.2. The number of nitrogens with zero attached hydrogens (tertiary/aromatic N) is 1. The average Bonchev–Trinajstić information content (AvgIpc) is 2.97. The first-order valence-electron chi connectivity index (χ1n) is 9.20. The van der Waals surface area contributed by atoms with Crippen molar-refractivity contribution < 1.29 is 14.6 Å². The van der Waals surface area contributed by atoms with Crippen LogP contribution >= 0.6 is 0 Å². The SMILES string of the molecule is COCCCNCc1c(C(=O)O)n(Cc2ccc(C)cc2)c2ccccc12. The highest BCUT2D eigenvalue weighted by atomic mass is 16.5. The highest BCUT2D eigenvalue weighted by Gasteiger charge is 2.22. The summed E-state index contributed by atoms with van der Waals surface area (Å²) in [5.41, 5.74) is 4.42. The van der Waals surface area contributed by atoms with Gasteiger partial charge in [0.15, 0.2) is 0 Å². The molecule has 2 aromatic carbocycles. The van der Waals surface area contributed by atoms with Crippen LogP contribution in [0.25, 0.3) is 10.9 Å². The van der Waals surface area contributed by atoms with E-state index in [1.165, 1.54) is 5.56 Å². The van der Waals surface area contributed by atoms with E-state index in [-0.39, 0.29) is 0 Å². The molecule has 0 saturated carbocycles. The first-order valence-corrected chi connectivity index (χ1v) is 9.20. The molecule has 0 aliphatic rings. The number of rotatable bonds is 9. The molecule has 0 atom stereocenters. The maximum Gasteiger partial charge on any atom is 0.352 e. The van der Waals surface area contributed by atoms with Crippen molar-refractivity contribution in [2.24, 2.45) is 0 Å². The van der Waals surface area contributed by atoms with Gasteiger partial charge in [0.2, 0.25) is 0 Å². The van der Waals surface area contributed by atoms with E-state index in [1.54, 1.807) is 7.11 Å². The highest BCUT2D eigenvalue weighted by molar-refractivity contribution is 5.98. The zero-order valence-corrected chi connectivity index (χ0v) is 15.9. The van der Waals surface area contributed by atoms with Crippen LogP contribution in [0.4, 0.5) is 0 Å². The third-order valence-electron chi connectivity index (χ3n) is 4.74. The number of hydrogen-bond donors (Lipinski definition) is 2. The number of aryl methyl sites for hydroxylation is 1. The lowest BCUT2D eigenvalue weighted by molar-refractivity contribution is 0.0684. The fraction of sp³-hybridized carbons (Fsp3) is 0.318. The monoisotopic (exact) mass is 366 g/mol. The van der Waals surface area contributed by atoms with Crippen LogP contribution in [0.3, 0.4) is 0 Å². The van der Waals surface area contributed by atoms with Gasteiger partial charge in [-0.1, -0.05) is 48.0 Å². The van der Waals surface area contributed by atoms with Gasteiger partial charge in [-0.3, -0.25) is 0 Å². The minimum atomic E-state index is -0.896. The maximum atomic E-state index is 12.1. The molecule has 1 aromatic heterocycles. The van der Waals surface area contributed by atoms with Crippen molar-refractivity contribution in [1.82, 2.24) is 9.88 Å². The van der Waals surface area contributed by atoms with Crippen LogP contribution in [-0.2, 0) is 17.8 Å². The van der Waals surface area contributed by atoms with Gasteiger partial charge in [0, 0.05) is 43.3 Å². The Morgan fingerprint density at radius 3 is 2.59 bits per heavy atom. The van der Waals surface area contributed by atoms with Gasteiger partial charge in [0.25, 0.3) is 0 Å². The number of nitrogens with one attached hydrogen (secondary N) is 1. The molecule has 0 saturated heterocycles. The Morgan fingerprint density at radius 2 is 1.89 bits per heavy atom. The second-order valence-corrected chi connectivity index (χ2v) is 6.74. The molecule has 142 valence electrons. The molecule has 0 radical (unpaired) electrons. The van der Waals surface area contributed by atoms with Crippen LogP contribution in [0.5, 0.6) is 0 Å². The van der Waals surface area contributed by atoms with E-state index in [9.17, 15) is 9.90 Å². The van der Waals surface area contributed by atoms with Gasteiger partial charge in [0.05, 0.1) is 0 Å². The lowest BCUT2D eigenvalue weighted by atomic mass is 10.1. The number of para-hydroxylation sites is 1. The van der Waals surface area contributed by atoms with E-state index in [0.29, 0.717) is 25.4 Å². The summed E-state index contributed by atoms with van der Waals surface area (Å²) < 4.78 is 6.98. The lowest BCUT2D eigenvalue weighted by Gasteiger charge is -2.10. The fourth-order valence-corrected chi connectivity index (χ4v) is 3.39. The summed E-state index contributed by atoms with van der Waals surface area (Å²) >= 11 is 0. The molecule has 3 aromatic rings. The van der Waals surface area contributed by atoms with Crippen molar-refractivity contribution in [2.75, 3.05) is 20.3 Å². The molecule has 27 heavy (non-hydrogen) atoms. The Hall–Kier alpha value is -2.63. The molecule has 2 N–H and O–H groups in total. The van der Waals surface area contributed by atoms with E-state index in [1.807, 2.05) is 35.8 Å². The Morgan fingerprint density at radius 1 is 1.15 bits per heavy atom. The van der Waals surface area contributed by atoms with Gasteiger partial charge in [-0.25, -0.2) is 4.79 Å². The topological polar surface area (TPSA) is 63.5 Å². The van der Waals surface area contributed by atoms with E-state index in [4.69, 9.17) is 4.74 Å². The summed E-state index contributed by atoms with van der Waals surface area (Å²) in [7, 11) is 1.68. The minimum Gasteiger partial charge on any atom is -0.477 e. The Kier molecular flexibility index (Phi) is 6.27. The molecule has 0 spiro atoms. The summed E-state index contributed by atoms with van der Waals surface area (Å²) in [6.45, 7) is 4.57. The molecular weight excluding hydrogens is 340 g/mol. The number of fused-ring (bicyclic) bond motifs is 1. The van der Waals surface area contributed by atoms with Crippen LogP contribution in [0.15, 0.2) is 48.5 Å². The zero-order valence-electron chi connectivity index (χ0n) is 15.9. The summed E-state index contributed by atoms with van der Waals surface area (Å²) in [5.74, 6) is -0.896. The van der Waals surface area contributed by atoms with Gasteiger partial charge >= 0.3 is 5.97 Å². The number of carboxylic acid groups (broad SMARTS) is 1. The number of carboxylic acids is 1. The second kappa shape index (κ2) is 8.84. The minimum absolute atomic E-state index is 0.357. The van der Waals surface area contributed by atoms with Crippen LogP contribution in [0.2, 0.25) is 0 Å². The number of ether oxygens (including phenoxy) is 1. The van der Waals surface area contributed by atoms with E-state index < -0.39 is 5.97 Å². The average molecular weight is 366 g/mol. The standard InChI is InChI=1S/C22H26N2O3/c1-16-8-10-17(11-9-16)15-24-20-7-4-3-6-18(20)19(21(24)22(25)26)14-23-12-5-13-27-2/h3-4,6-11,23H,5,12-15H2,1-2H3,(H,25,26). The van der Waals surface area contributed by atoms with Gasteiger partial charge in [0.1, 0.15) is 5.69 Å². The number of aromatic carboxylic acids is 1. The molecule has 0 amide bonds. The van der Waals surface area contributed by atoms with Gasteiger partial charge in [-0.15, -0.1) is 0 Å². The number of methoxy groups -OCH3 is 1. The number of carbonyl (C=O) groups is 1. The quantitative estimate of drug-likeness (QED) is 0.565. The van der Waals surface area contributed by atoms with E-state index >= 15 is 0 Å². The summed E-state index contributed by atoms with van der Waals surface area (Å²) in [6.07, 6.45) is 0.890. The van der Waals surface area contributed by atoms with E-state index in [0.717, 1.165) is 35.0 Å². The van der Waals surface area contributed by atoms with Crippen LogP contribution in [0, 0.1) is 6.92 Å². The molecule has 0 bridgehead atoms. The predicted octanol–water partition coefficient (Wildman–Crippen LogP) is 3.82. The first kappa shape index (κ1) is 19.1. The summed E-state index contributed by atoms with van der Waals surface area (Å²) in [6, 6.07) is 16.1. The Labute approximate surface area is 159 Å². The second-order valence-electron chi connectivity index (χ2n) is 6.74. The predicted molar refractivity (Wildman–Crippen MR) is 107 cm³/mol. The molecule has 5 nitrogen and oxygen atoms in total. The zero-order chi connectivity index (χ0) is 19.2. The van der Waals surface area contributed by atoms with Crippen molar-refractivity contribution in [2.45, 2.75) is 26.4 Å². The largest absolute Gasteiger partial charge is 0.477 e. The number of hydrogen-bond acceptors (Lipinski definition) is 3. The van der Waals surface area contributed by atoms with Crippen LogP contribution < -0.4 is 5.32 Å². The molecule has 5 heteroatoms. The molecule has 0 aliphatic carbocycles. The summed E-state index contributed by atoms with van der Waals surface area (Å²) in [4.78, 5) is 12.1. The van der Waals surface area contributed by atoms with Crippen molar-refractivity contribution in [3.63, 3.8) is 0 Å². The fourth-order valence-electron chi connectivity index (χ4n) is 3.39. The van der Waals surface area contributed by atoms with Crippen molar-refractivity contribution in [3.05, 3.63) is 70.9 Å². The number of aromatic nitrogens is 1. The summed E-state index contributed by atoms with van der Waals surface area (Å²) in [5, 5.41) is 14.3. The molecule has 3 rings (SSSR count). The lowest BCUT2D eigenvalue weighted by Crippen LogP contribution is -2.19. The van der Waals surface area contributed by atoms with Crippen molar-refractivity contribution in [3.8, 4) is 0 Å². The third-order valence-corrected chi connectivity index (χ3v) is 4.74. The van der Waals surface area contributed by atoms with Crippen molar-refractivity contribution >= 4 is 16.9 Å². The smallest absolute Gasteiger partial charge is 0.352 e. The van der Waals surface area contributed by atoms with Crippen LogP contribution in [0.1, 0.15) is 33.6 Å². The highest BCUT2D eigenvalue weighted by Crippen LogP contribution is 2.27. The van der Waals surface area contributed by atoms with Gasteiger partial charge in [-0.2, -0.15) is 0 Å². The van der Waals surface area contributed by atoms with Gasteiger partial charge in [-0.05, 0) is 31.5 Å². The Bertz CT molecular complexity index is 913. The van der Waals surface area contributed by atoms with Crippen molar-refractivity contribution in [1.29, 1.82) is 0 Å². The Balaban J connectivity index is 1.97. The molecule has 0 fully saturated rings. The number of benzene rings is 2.